The van der Waals surface area contributed by atoms with Gasteiger partial charge in [0, 0.05) is 25.8 Å². The lowest BCUT2D eigenvalue weighted by Crippen LogP contribution is -2.46. The molecule has 2 aliphatic heterocycles. The van der Waals surface area contributed by atoms with Crippen LogP contribution in [-0.4, -0.2) is 36.6 Å². The summed E-state index contributed by atoms with van der Waals surface area (Å²) in [5.74, 6) is 1.18. The Bertz CT molecular complexity index is 488. The highest BCUT2D eigenvalue weighted by atomic mass is 16.2. The average Bonchev–Trinajstić information content (AvgIpc) is 2.90. The molecule has 126 valence electrons. The zero-order valence-electron chi connectivity index (χ0n) is 13.9. The number of rotatable bonds is 4. The third-order valence-corrected chi connectivity index (χ3v) is 4.83. The lowest BCUT2D eigenvalue weighted by atomic mass is 10.0. The van der Waals surface area contributed by atoms with Gasteiger partial charge < -0.3 is 15.5 Å². The molecule has 0 aliphatic carbocycles. The Morgan fingerprint density at radius 1 is 1.17 bits per heavy atom. The lowest BCUT2D eigenvalue weighted by molar-refractivity contribution is -0.123. The molecule has 1 unspecified atom stereocenters. The molecule has 1 amide bonds. The quantitative estimate of drug-likeness (QED) is 0.894. The second kappa shape index (κ2) is 8.29. The summed E-state index contributed by atoms with van der Waals surface area (Å²) in [5, 5.41) is 6.30. The summed E-state index contributed by atoms with van der Waals surface area (Å²) in [6, 6.07) is 4.15. The maximum Gasteiger partial charge on any atom is 0.237 e. The monoisotopic (exact) mass is 316 g/mol. The van der Waals surface area contributed by atoms with Crippen LogP contribution < -0.4 is 15.5 Å². The van der Waals surface area contributed by atoms with Crippen molar-refractivity contribution in [1.82, 2.24) is 15.6 Å². The first-order valence-corrected chi connectivity index (χ1v) is 9.04. The third kappa shape index (κ3) is 4.67. The SMILES string of the molecule is O=C(NCc1ccc(N2CCCCCC2)nc1)C1CCCCN1. The minimum Gasteiger partial charge on any atom is -0.357 e. The van der Waals surface area contributed by atoms with Crippen molar-refractivity contribution >= 4 is 11.7 Å². The summed E-state index contributed by atoms with van der Waals surface area (Å²) in [6.07, 6.45) is 10.3. The molecular formula is C18H28N4O. The number of nitrogens with one attached hydrogen (secondary N) is 2. The number of carbonyl (C=O) groups excluding carboxylic acids is 1. The Morgan fingerprint density at radius 3 is 2.65 bits per heavy atom. The summed E-state index contributed by atoms with van der Waals surface area (Å²) in [6.45, 7) is 3.72. The van der Waals surface area contributed by atoms with Gasteiger partial charge in [-0.2, -0.15) is 0 Å². The maximum absolute atomic E-state index is 12.1. The van der Waals surface area contributed by atoms with Crippen LogP contribution in [0, 0.1) is 0 Å². The molecule has 1 aromatic rings. The van der Waals surface area contributed by atoms with Gasteiger partial charge >= 0.3 is 0 Å². The van der Waals surface area contributed by atoms with Crippen molar-refractivity contribution in [2.24, 2.45) is 0 Å². The number of aromatic nitrogens is 1. The van der Waals surface area contributed by atoms with Gasteiger partial charge in [-0.3, -0.25) is 4.79 Å². The second-order valence-corrected chi connectivity index (χ2v) is 6.65. The van der Waals surface area contributed by atoms with E-state index in [1.54, 1.807) is 0 Å². The Balaban J connectivity index is 1.49. The van der Waals surface area contributed by atoms with E-state index in [9.17, 15) is 4.79 Å². The maximum atomic E-state index is 12.1. The first-order valence-electron chi connectivity index (χ1n) is 9.04. The van der Waals surface area contributed by atoms with E-state index >= 15 is 0 Å². The molecule has 0 saturated carbocycles. The minimum atomic E-state index is -0.0203. The summed E-state index contributed by atoms with van der Waals surface area (Å²) in [7, 11) is 0. The Kier molecular flexibility index (Phi) is 5.86. The molecule has 3 heterocycles. The normalized spacial score (nSPS) is 22.4. The molecule has 0 bridgehead atoms. The molecule has 2 N–H and O–H groups in total. The van der Waals surface area contributed by atoms with Gasteiger partial charge in [0.25, 0.3) is 0 Å². The predicted octanol–water partition coefficient (Wildman–Crippen LogP) is 2.22. The van der Waals surface area contributed by atoms with Crippen LogP contribution >= 0.6 is 0 Å². The van der Waals surface area contributed by atoms with Gasteiger partial charge in [-0.1, -0.05) is 25.3 Å². The fraction of sp³-hybridized carbons (Fsp3) is 0.667. The van der Waals surface area contributed by atoms with Crippen LogP contribution in [0.15, 0.2) is 18.3 Å². The highest BCUT2D eigenvalue weighted by Gasteiger charge is 2.20. The smallest absolute Gasteiger partial charge is 0.237 e. The molecule has 0 radical (unpaired) electrons. The van der Waals surface area contributed by atoms with Crippen molar-refractivity contribution in [2.45, 2.75) is 57.5 Å². The van der Waals surface area contributed by atoms with Gasteiger partial charge in [0.1, 0.15) is 5.82 Å². The van der Waals surface area contributed by atoms with E-state index in [4.69, 9.17) is 0 Å². The first kappa shape index (κ1) is 16.2. The van der Waals surface area contributed by atoms with E-state index in [1.807, 2.05) is 6.20 Å². The molecule has 3 rings (SSSR count). The lowest BCUT2D eigenvalue weighted by Gasteiger charge is -2.23. The van der Waals surface area contributed by atoms with E-state index in [-0.39, 0.29) is 11.9 Å². The first-order chi connectivity index (χ1) is 11.3. The Hall–Kier alpha value is -1.62. The fourth-order valence-corrected chi connectivity index (χ4v) is 3.40. The highest BCUT2D eigenvalue weighted by Crippen LogP contribution is 2.17. The van der Waals surface area contributed by atoms with Crippen molar-refractivity contribution in [3.8, 4) is 0 Å². The molecule has 5 nitrogen and oxygen atoms in total. The Morgan fingerprint density at radius 2 is 2.00 bits per heavy atom. The van der Waals surface area contributed by atoms with E-state index < -0.39 is 0 Å². The van der Waals surface area contributed by atoms with Crippen LogP contribution in [0.2, 0.25) is 0 Å². The molecule has 2 fully saturated rings. The van der Waals surface area contributed by atoms with Crippen LogP contribution in [0.25, 0.3) is 0 Å². The van der Waals surface area contributed by atoms with Crippen molar-refractivity contribution in [3.05, 3.63) is 23.9 Å². The van der Waals surface area contributed by atoms with Crippen LogP contribution in [0.4, 0.5) is 5.82 Å². The molecule has 5 heteroatoms. The summed E-state index contributed by atoms with van der Waals surface area (Å²) >= 11 is 0. The van der Waals surface area contributed by atoms with Crippen LogP contribution in [-0.2, 0) is 11.3 Å². The largest absolute Gasteiger partial charge is 0.357 e. The molecule has 2 aliphatic rings. The Labute approximate surface area is 138 Å². The van der Waals surface area contributed by atoms with Crippen molar-refractivity contribution < 1.29 is 4.79 Å². The van der Waals surface area contributed by atoms with Gasteiger partial charge in [-0.25, -0.2) is 4.98 Å². The topological polar surface area (TPSA) is 57.3 Å². The second-order valence-electron chi connectivity index (χ2n) is 6.65. The van der Waals surface area contributed by atoms with Crippen LogP contribution in [0.1, 0.15) is 50.5 Å². The molecule has 2 saturated heterocycles. The van der Waals surface area contributed by atoms with Gasteiger partial charge in [0.15, 0.2) is 0 Å². The number of amides is 1. The van der Waals surface area contributed by atoms with Crippen LogP contribution in [0.3, 0.4) is 0 Å². The number of hydrogen-bond donors (Lipinski definition) is 2. The summed E-state index contributed by atoms with van der Waals surface area (Å²) < 4.78 is 0. The molecular weight excluding hydrogens is 288 g/mol. The van der Waals surface area contributed by atoms with Crippen LogP contribution in [0.5, 0.6) is 0 Å². The van der Waals surface area contributed by atoms with E-state index in [0.29, 0.717) is 6.54 Å². The van der Waals surface area contributed by atoms with E-state index in [2.05, 4.69) is 32.7 Å². The standard InChI is InChI=1S/C18H28N4O/c23-18(16-7-3-4-10-19-16)21-14-15-8-9-17(20-13-15)22-11-5-1-2-6-12-22/h8-9,13,16,19H,1-7,10-12,14H2,(H,21,23). The number of nitrogens with zero attached hydrogens (tertiary/aromatic N) is 2. The van der Waals surface area contributed by atoms with Gasteiger partial charge in [-0.15, -0.1) is 0 Å². The number of piperidine rings is 1. The molecule has 0 aromatic carbocycles. The fourth-order valence-electron chi connectivity index (χ4n) is 3.40. The van der Waals surface area contributed by atoms with Gasteiger partial charge in [0.05, 0.1) is 6.04 Å². The van der Waals surface area contributed by atoms with Gasteiger partial charge in [0.2, 0.25) is 5.91 Å². The molecule has 1 atom stereocenters. The average molecular weight is 316 g/mol. The van der Waals surface area contributed by atoms with Crippen molar-refractivity contribution in [3.63, 3.8) is 0 Å². The number of hydrogen-bond acceptors (Lipinski definition) is 4. The number of anilines is 1. The molecule has 0 spiro atoms. The zero-order chi connectivity index (χ0) is 15.9. The number of carbonyl (C=O) groups is 1. The zero-order valence-corrected chi connectivity index (χ0v) is 13.9. The molecule has 1 aromatic heterocycles. The predicted molar refractivity (Wildman–Crippen MR) is 92.4 cm³/mol. The van der Waals surface area contributed by atoms with Gasteiger partial charge in [-0.05, 0) is 43.9 Å². The van der Waals surface area contributed by atoms with Crippen molar-refractivity contribution in [1.29, 1.82) is 0 Å². The van der Waals surface area contributed by atoms with Crippen molar-refractivity contribution in [2.75, 3.05) is 24.5 Å². The molecule has 23 heavy (non-hydrogen) atoms. The highest BCUT2D eigenvalue weighted by molar-refractivity contribution is 5.81. The van der Waals surface area contributed by atoms with E-state index in [0.717, 1.165) is 43.9 Å². The number of pyridine rings is 1. The van der Waals surface area contributed by atoms with E-state index in [1.165, 1.54) is 32.1 Å². The summed E-state index contributed by atoms with van der Waals surface area (Å²) in [5.41, 5.74) is 1.06. The third-order valence-electron chi connectivity index (χ3n) is 4.83. The summed E-state index contributed by atoms with van der Waals surface area (Å²) in [4.78, 5) is 19.1. The minimum absolute atomic E-state index is 0.0203.